The predicted molar refractivity (Wildman–Crippen MR) is 251 cm³/mol. The first kappa shape index (κ1) is 34.3. The SMILES string of the molecule is C=C/C=c1/oc2ccccc2/c1=C/N(c1ccc2c(c1)C(C)(C)c1ccccc1-2)c1cccc2c1-c1ccccc1C21c2ccccc2-c2ccc3oc4ccccc4c3c21. The van der Waals surface area contributed by atoms with Crippen LogP contribution in [0.2, 0.25) is 0 Å². The van der Waals surface area contributed by atoms with Crippen molar-refractivity contribution in [2.45, 2.75) is 24.7 Å². The van der Waals surface area contributed by atoms with Crippen LogP contribution in [-0.4, -0.2) is 0 Å². The van der Waals surface area contributed by atoms with Crippen LogP contribution < -0.4 is 15.5 Å². The second-order valence-electron chi connectivity index (χ2n) is 17.2. The second kappa shape index (κ2) is 12.2. The van der Waals surface area contributed by atoms with E-state index in [0.29, 0.717) is 0 Å². The van der Waals surface area contributed by atoms with E-state index in [-0.39, 0.29) is 5.41 Å². The molecule has 1 unspecified atom stereocenters. The minimum absolute atomic E-state index is 0.178. The summed E-state index contributed by atoms with van der Waals surface area (Å²) in [5.74, 6) is 0. The fraction of sp³-hybridized carbons (Fsp3) is 0.0690. The quantitative estimate of drug-likeness (QED) is 0.178. The van der Waals surface area contributed by atoms with Gasteiger partial charge in [0.1, 0.15) is 22.2 Å². The standard InChI is InChI=1S/C58H39NO2/c1-4-16-50-43(39-19-8-13-27-51(39)60-50)34-59(35-29-30-38-36-17-5-10-22-44(36)57(2,3)48(38)33-35)49-26-15-25-47-54(49)41-20-7-12-24-46(41)58(47)45-23-11-6-18-37(45)40-31-32-53-55(56(40)58)42-21-9-14-28-52(42)61-53/h4-34H,1H2,2-3H3/b43-34-,50-16+. The van der Waals surface area contributed by atoms with Crippen LogP contribution in [0.4, 0.5) is 11.4 Å². The van der Waals surface area contributed by atoms with Gasteiger partial charge in [0.2, 0.25) is 0 Å². The molecule has 0 amide bonds. The Bertz CT molecular complexity index is 3670. The van der Waals surface area contributed by atoms with E-state index in [0.717, 1.165) is 49.5 Å². The Hall–Kier alpha value is -7.62. The van der Waals surface area contributed by atoms with Crippen LogP contribution in [0.1, 0.15) is 47.2 Å². The van der Waals surface area contributed by atoms with Crippen LogP contribution in [0, 0.1) is 0 Å². The summed E-state index contributed by atoms with van der Waals surface area (Å²) >= 11 is 0. The third-order valence-electron chi connectivity index (χ3n) is 13.9. The molecule has 3 nitrogen and oxygen atoms in total. The molecule has 2 heterocycles. The van der Waals surface area contributed by atoms with E-state index >= 15 is 0 Å². The van der Waals surface area contributed by atoms with Crippen molar-refractivity contribution in [1.29, 1.82) is 0 Å². The minimum atomic E-state index is -0.600. The summed E-state index contributed by atoms with van der Waals surface area (Å²) in [4.78, 5) is 2.42. The number of anilines is 2. The van der Waals surface area contributed by atoms with Gasteiger partial charge >= 0.3 is 0 Å². The number of rotatable bonds is 4. The summed E-state index contributed by atoms with van der Waals surface area (Å²) in [6.45, 7) is 8.78. The number of benzene rings is 8. The molecule has 61 heavy (non-hydrogen) atoms. The van der Waals surface area contributed by atoms with Gasteiger partial charge in [-0.3, -0.25) is 0 Å². The fourth-order valence-corrected chi connectivity index (χ4v) is 11.4. The fourth-order valence-electron chi connectivity index (χ4n) is 11.4. The molecule has 0 bridgehead atoms. The summed E-state index contributed by atoms with van der Waals surface area (Å²) in [6.07, 6.45) is 6.07. The zero-order valence-electron chi connectivity index (χ0n) is 33.9. The predicted octanol–water partition coefficient (Wildman–Crippen LogP) is 13.5. The van der Waals surface area contributed by atoms with Crippen LogP contribution in [0.15, 0.2) is 191 Å². The Morgan fingerprint density at radius 2 is 1.11 bits per heavy atom. The maximum Gasteiger partial charge on any atom is 0.136 e. The molecule has 3 aliphatic carbocycles. The number of para-hydroxylation sites is 2. The number of nitrogens with zero attached hydrogens (tertiary/aromatic N) is 1. The molecule has 8 aromatic carbocycles. The van der Waals surface area contributed by atoms with Crippen molar-refractivity contribution >= 4 is 56.6 Å². The zero-order chi connectivity index (χ0) is 40.6. The molecule has 0 radical (unpaired) electrons. The average molecular weight is 782 g/mol. The van der Waals surface area contributed by atoms with Crippen molar-refractivity contribution in [2.24, 2.45) is 0 Å². The summed E-state index contributed by atoms with van der Waals surface area (Å²) < 4.78 is 13.2. The smallest absolute Gasteiger partial charge is 0.136 e. The second-order valence-corrected chi connectivity index (χ2v) is 17.2. The number of hydrogen-bond acceptors (Lipinski definition) is 3. The third kappa shape index (κ3) is 4.37. The topological polar surface area (TPSA) is 29.5 Å². The van der Waals surface area contributed by atoms with Crippen molar-refractivity contribution < 1.29 is 8.83 Å². The van der Waals surface area contributed by atoms with Gasteiger partial charge in [-0.1, -0.05) is 160 Å². The zero-order valence-corrected chi connectivity index (χ0v) is 33.9. The molecule has 3 aliphatic rings. The van der Waals surface area contributed by atoms with Crippen LogP contribution in [0.25, 0.3) is 78.6 Å². The Kier molecular flexibility index (Phi) is 6.86. The Morgan fingerprint density at radius 1 is 0.508 bits per heavy atom. The monoisotopic (exact) mass is 781 g/mol. The summed E-state index contributed by atoms with van der Waals surface area (Å²) in [5.41, 5.74) is 20.2. The lowest BCUT2D eigenvalue weighted by atomic mass is 9.69. The molecular weight excluding hydrogens is 743 g/mol. The van der Waals surface area contributed by atoms with Crippen LogP contribution in [0.3, 0.4) is 0 Å². The van der Waals surface area contributed by atoms with E-state index in [1.807, 2.05) is 24.3 Å². The number of fused-ring (bicyclic) bond motifs is 18. The first-order valence-corrected chi connectivity index (χ1v) is 21.1. The summed E-state index contributed by atoms with van der Waals surface area (Å²) in [6, 6.07) is 62.2. The molecule has 0 aliphatic heterocycles. The van der Waals surface area contributed by atoms with Crippen LogP contribution in [-0.2, 0) is 10.8 Å². The molecule has 10 aromatic rings. The van der Waals surface area contributed by atoms with E-state index < -0.39 is 5.41 Å². The van der Waals surface area contributed by atoms with Gasteiger partial charge in [0, 0.05) is 44.2 Å². The summed E-state index contributed by atoms with van der Waals surface area (Å²) in [5, 5.41) is 4.36. The normalized spacial score (nSPS) is 16.8. The van der Waals surface area contributed by atoms with Crippen molar-refractivity contribution in [3.63, 3.8) is 0 Å². The first-order chi connectivity index (χ1) is 30.0. The van der Waals surface area contributed by atoms with Gasteiger partial charge in [0.05, 0.1) is 11.1 Å². The number of hydrogen-bond donors (Lipinski definition) is 0. The largest absolute Gasteiger partial charge is 0.456 e. The maximum absolute atomic E-state index is 6.64. The minimum Gasteiger partial charge on any atom is -0.456 e. The lowest BCUT2D eigenvalue weighted by molar-refractivity contribution is 0.575. The highest BCUT2D eigenvalue weighted by molar-refractivity contribution is 6.14. The molecule has 0 saturated heterocycles. The van der Waals surface area contributed by atoms with E-state index in [9.17, 15) is 0 Å². The molecule has 1 atom stereocenters. The molecule has 1 spiro atoms. The van der Waals surface area contributed by atoms with Gasteiger partial charge in [-0.05, 0) is 104 Å². The van der Waals surface area contributed by atoms with Gasteiger partial charge < -0.3 is 13.7 Å². The van der Waals surface area contributed by atoms with Crippen LogP contribution in [0.5, 0.6) is 0 Å². The van der Waals surface area contributed by atoms with Gasteiger partial charge in [-0.15, -0.1) is 0 Å². The molecule has 3 heteroatoms. The molecule has 288 valence electrons. The lowest BCUT2D eigenvalue weighted by Gasteiger charge is -2.32. The van der Waals surface area contributed by atoms with E-state index in [1.54, 1.807) is 0 Å². The van der Waals surface area contributed by atoms with Crippen molar-refractivity contribution in [3.05, 3.63) is 227 Å². The lowest BCUT2D eigenvalue weighted by Crippen LogP contribution is -2.27. The van der Waals surface area contributed by atoms with Crippen LogP contribution >= 0.6 is 0 Å². The molecule has 0 saturated carbocycles. The number of allylic oxidation sites excluding steroid dienone is 1. The van der Waals surface area contributed by atoms with E-state index in [4.69, 9.17) is 8.83 Å². The highest BCUT2D eigenvalue weighted by atomic mass is 16.3. The van der Waals surface area contributed by atoms with Gasteiger partial charge in [0.15, 0.2) is 0 Å². The molecule has 0 N–H and O–H groups in total. The molecule has 2 aromatic heterocycles. The number of furan rings is 2. The van der Waals surface area contributed by atoms with Crippen molar-refractivity contribution in [2.75, 3.05) is 4.90 Å². The molecular formula is C58H39NO2. The Labute approximate surface area is 353 Å². The average Bonchev–Trinajstić information content (AvgIpc) is 4.07. The summed E-state index contributed by atoms with van der Waals surface area (Å²) in [7, 11) is 0. The molecule has 13 rings (SSSR count). The van der Waals surface area contributed by atoms with E-state index in [2.05, 4.69) is 189 Å². The maximum atomic E-state index is 6.64. The highest BCUT2D eigenvalue weighted by Crippen LogP contribution is 2.66. The van der Waals surface area contributed by atoms with E-state index in [1.165, 1.54) is 72.1 Å². The highest BCUT2D eigenvalue weighted by Gasteiger charge is 2.53. The third-order valence-corrected chi connectivity index (χ3v) is 13.9. The van der Waals surface area contributed by atoms with Gasteiger partial charge in [-0.2, -0.15) is 0 Å². The van der Waals surface area contributed by atoms with Crippen molar-refractivity contribution in [3.8, 4) is 33.4 Å². The Morgan fingerprint density at radius 3 is 1.90 bits per heavy atom. The van der Waals surface area contributed by atoms with Crippen molar-refractivity contribution in [1.82, 2.24) is 0 Å². The Balaban J connectivity index is 1.16. The van der Waals surface area contributed by atoms with Gasteiger partial charge in [-0.25, -0.2) is 0 Å². The molecule has 0 fully saturated rings. The first-order valence-electron chi connectivity index (χ1n) is 21.1. The van der Waals surface area contributed by atoms with Gasteiger partial charge in [0.25, 0.3) is 0 Å².